The van der Waals surface area contributed by atoms with Gasteiger partial charge in [0.25, 0.3) is 0 Å². The van der Waals surface area contributed by atoms with Crippen LogP contribution in [0.2, 0.25) is 0 Å². The van der Waals surface area contributed by atoms with Crippen LogP contribution in [0.25, 0.3) is 0 Å². The summed E-state index contributed by atoms with van der Waals surface area (Å²) in [6.07, 6.45) is 0. The highest BCUT2D eigenvalue weighted by Gasteiger charge is 1.97. The van der Waals surface area contributed by atoms with Crippen molar-refractivity contribution < 1.29 is 0 Å². The fourth-order valence-corrected chi connectivity index (χ4v) is 1.03. The molecule has 0 amide bonds. The van der Waals surface area contributed by atoms with Crippen LogP contribution in [0.5, 0.6) is 0 Å². The van der Waals surface area contributed by atoms with Gasteiger partial charge in [-0.15, -0.1) is 0 Å². The molecule has 0 unspecified atom stereocenters. The Kier molecular flexibility index (Phi) is 7.36. The van der Waals surface area contributed by atoms with E-state index in [2.05, 4.69) is 10.6 Å². The van der Waals surface area contributed by atoms with E-state index in [0.29, 0.717) is 11.7 Å². The Bertz CT molecular complexity index is 300. The maximum Gasteiger partial charge on any atom is 0.166 e. The lowest BCUT2D eigenvalue weighted by Gasteiger charge is -2.08. The van der Waals surface area contributed by atoms with Crippen LogP contribution in [0, 0.1) is 0 Å². The monoisotopic (exact) mass is 225 g/mol. The zero-order chi connectivity index (χ0) is 11.7. The number of anilines is 1. The van der Waals surface area contributed by atoms with E-state index in [1.54, 1.807) is 7.05 Å². The van der Waals surface area contributed by atoms with Crippen molar-refractivity contribution in [2.45, 2.75) is 20.4 Å². The van der Waals surface area contributed by atoms with Gasteiger partial charge in [-0.3, -0.25) is 0 Å². The maximum atomic E-state index is 5.74. The summed E-state index contributed by atoms with van der Waals surface area (Å²) < 4.78 is 0. The number of benzene rings is 1. The highest BCUT2D eigenvalue weighted by molar-refractivity contribution is 7.80. The minimum absolute atomic E-state index is 0.628. The third-order valence-electron chi connectivity index (χ3n) is 1.72. The van der Waals surface area contributed by atoms with Crippen molar-refractivity contribution in [1.82, 2.24) is 10.6 Å². The molecule has 3 nitrogen and oxygen atoms in total. The first-order chi connectivity index (χ1) is 7.24. The fourth-order valence-electron chi connectivity index (χ4n) is 0.959. The van der Waals surface area contributed by atoms with E-state index in [4.69, 9.17) is 18.0 Å². The van der Waals surface area contributed by atoms with E-state index >= 15 is 0 Å². The summed E-state index contributed by atoms with van der Waals surface area (Å²) in [5, 5.41) is 6.49. The molecule has 84 valence electrons. The highest BCUT2D eigenvalue weighted by atomic mass is 32.1. The van der Waals surface area contributed by atoms with Gasteiger partial charge in [-0.2, -0.15) is 0 Å². The van der Waals surface area contributed by atoms with Crippen molar-refractivity contribution in [2.75, 3.05) is 12.8 Å². The molecule has 0 saturated heterocycles. The van der Waals surface area contributed by atoms with Crippen LogP contribution < -0.4 is 16.4 Å². The third kappa shape index (κ3) is 5.22. The van der Waals surface area contributed by atoms with Crippen molar-refractivity contribution >= 4 is 23.0 Å². The number of thiocarbonyl (C=S) groups is 1. The summed E-state index contributed by atoms with van der Waals surface area (Å²) >= 11 is 4.93. The van der Waals surface area contributed by atoms with E-state index in [9.17, 15) is 0 Å². The zero-order valence-corrected chi connectivity index (χ0v) is 10.3. The molecule has 0 bridgehead atoms. The Morgan fingerprint density at radius 1 is 1.33 bits per heavy atom. The van der Waals surface area contributed by atoms with Crippen molar-refractivity contribution in [3.63, 3.8) is 0 Å². The first kappa shape index (κ1) is 13.7. The molecule has 1 rings (SSSR count). The van der Waals surface area contributed by atoms with Gasteiger partial charge in [0.1, 0.15) is 0 Å². The summed E-state index contributed by atoms with van der Waals surface area (Å²) in [6.45, 7) is 4.66. The van der Waals surface area contributed by atoms with E-state index in [0.717, 1.165) is 11.3 Å². The Morgan fingerprint density at radius 2 is 1.93 bits per heavy atom. The van der Waals surface area contributed by atoms with Crippen molar-refractivity contribution in [3.05, 3.63) is 29.8 Å². The number of rotatable bonds is 2. The normalized spacial score (nSPS) is 8.47. The Morgan fingerprint density at radius 3 is 2.47 bits per heavy atom. The smallest absolute Gasteiger partial charge is 0.166 e. The molecule has 4 heteroatoms. The quantitative estimate of drug-likeness (QED) is 0.531. The minimum Gasteiger partial charge on any atom is -0.398 e. The molecule has 0 aliphatic rings. The van der Waals surface area contributed by atoms with Gasteiger partial charge in [-0.1, -0.05) is 32.0 Å². The summed E-state index contributed by atoms with van der Waals surface area (Å²) in [5.41, 5.74) is 7.59. The Hall–Kier alpha value is -1.29. The van der Waals surface area contributed by atoms with Crippen LogP contribution in [0.4, 0.5) is 5.69 Å². The molecule has 15 heavy (non-hydrogen) atoms. The SMILES string of the molecule is CC.CNC(=S)NCc1ccccc1N. The molecule has 0 fully saturated rings. The Balaban J connectivity index is 0.000000921. The number of para-hydroxylation sites is 1. The molecular formula is C11H19N3S. The lowest BCUT2D eigenvalue weighted by Crippen LogP contribution is -2.31. The van der Waals surface area contributed by atoms with Crippen LogP contribution in [0.15, 0.2) is 24.3 Å². The molecule has 0 aliphatic carbocycles. The van der Waals surface area contributed by atoms with Crippen LogP contribution in [0.3, 0.4) is 0 Å². The second-order valence-corrected chi connectivity index (χ2v) is 3.04. The van der Waals surface area contributed by atoms with E-state index in [1.165, 1.54) is 0 Å². The van der Waals surface area contributed by atoms with Crippen LogP contribution in [0.1, 0.15) is 19.4 Å². The molecule has 0 atom stereocenters. The predicted octanol–water partition coefficient (Wildman–Crippen LogP) is 1.89. The lowest BCUT2D eigenvalue weighted by molar-refractivity contribution is 0.893. The molecule has 1 aromatic carbocycles. The zero-order valence-electron chi connectivity index (χ0n) is 9.50. The van der Waals surface area contributed by atoms with Crippen molar-refractivity contribution in [1.29, 1.82) is 0 Å². The van der Waals surface area contributed by atoms with Gasteiger partial charge in [0, 0.05) is 19.3 Å². The molecule has 1 aromatic rings. The molecule has 0 aliphatic heterocycles. The van der Waals surface area contributed by atoms with Gasteiger partial charge in [-0.25, -0.2) is 0 Å². The second-order valence-electron chi connectivity index (χ2n) is 2.63. The predicted molar refractivity (Wildman–Crippen MR) is 70.7 cm³/mol. The fraction of sp³-hybridized carbons (Fsp3) is 0.364. The minimum atomic E-state index is 0.628. The first-order valence-corrected chi connectivity index (χ1v) is 5.44. The van der Waals surface area contributed by atoms with E-state index in [-0.39, 0.29) is 0 Å². The van der Waals surface area contributed by atoms with Crippen LogP contribution in [-0.2, 0) is 6.54 Å². The average molecular weight is 225 g/mol. The highest BCUT2D eigenvalue weighted by Crippen LogP contribution is 2.09. The number of nitrogens with one attached hydrogen (secondary N) is 2. The molecule has 0 aromatic heterocycles. The standard InChI is InChI=1S/C9H13N3S.C2H6/c1-11-9(13)12-6-7-4-2-3-5-8(7)10;1-2/h2-5H,6,10H2,1H3,(H2,11,12,13);1-2H3. The lowest BCUT2D eigenvalue weighted by atomic mass is 10.2. The topological polar surface area (TPSA) is 50.1 Å². The van der Waals surface area contributed by atoms with Gasteiger partial charge in [0.15, 0.2) is 5.11 Å². The number of hydrogen-bond acceptors (Lipinski definition) is 2. The van der Waals surface area contributed by atoms with Crippen molar-refractivity contribution in [3.8, 4) is 0 Å². The van der Waals surface area contributed by atoms with E-state index in [1.807, 2.05) is 38.1 Å². The van der Waals surface area contributed by atoms with Gasteiger partial charge >= 0.3 is 0 Å². The Labute approximate surface area is 97.1 Å². The molecule has 0 radical (unpaired) electrons. The summed E-state index contributed by atoms with van der Waals surface area (Å²) in [5.74, 6) is 0. The maximum absolute atomic E-state index is 5.74. The van der Waals surface area contributed by atoms with Gasteiger partial charge < -0.3 is 16.4 Å². The molecule has 4 N–H and O–H groups in total. The third-order valence-corrected chi connectivity index (χ3v) is 2.07. The second kappa shape index (κ2) is 8.05. The summed E-state index contributed by atoms with van der Waals surface area (Å²) in [6, 6.07) is 7.71. The molecular weight excluding hydrogens is 206 g/mol. The van der Waals surface area contributed by atoms with Crippen molar-refractivity contribution in [2.24, 2.45) is 0 Å². The number of nitrogens with two attached hydrogens (primary N) is 1. The molecule has 0 spiro atoms. The van der Waals surface area contributed by atoms with Gasteiger partial charge in [0.2, 0.25) is 0 Å². The van der Waals surface area contributed by atoms with Gasteiger partial charge in [0.05, 0.1) is 0 Å². The molecule has 0 saturated carbocycles. The average Bonchev–Trinajstić information content (AvgIpc) is 2.30. The summed E-state index contributed by atoms with van der Waals surface area (Å²) in [7, 11) is 1.78. The van der Waals surface area contributed by atoms with Crippen LogP contribution >= 0.6 is 12.2 Å². The van der Waals surface area contributed by atoms with Crippen LogP contribution in [-0.4, -0.2) is 12.2 Å². The first-order valence-electron chi connectivity index (χ1n) is 5.03. The molecule has 0 heterocycles. The van der Waals surface area contributed by atoms with Gasteiger partial charge in [-0.05, 0) is 23.8 Å². The summed E-state index contributed by atoms with van der Waals surface area (Å²) in [4.78, 5) is 0. The largest absolute Gasteiger partial charge is 0.398 e. The number of hydrogen-bond donors (Lipinski definition) is 3. The van der Waals surface area contributed by atoms with E-state index < -0.39 is 0 Å². The number of nitrogen functional groups attached to an aromatic ring is 1.